The molecule has 0 amide bonds. The summed E-state index contributed by atoms with van der Waals surface area (Å²) in [6.07, 6.45) is -0.681. The third-order valence-electron chi connectivity index (χ3n) is 1.62. The predicted octanol–water partition coefficient (Wildman–Crippen LogP) is 4.21. The molecule has 0 spiro atoms. The molecule has 0 aromatic heterocycles. The highest BCUT2D eigenvalue weighted by molar-refractivity contribution is 7.63. The lowest BCUT2D eigenvalue weighted by atomic mass is 10.5. The number of hydrogen-bond acceptors (Lipinski definition) is 6. The third-order valence-corrected chi connectivity index (χ3v) is 5.16. The van der Waals surface area contributed by atoms with Crippen LogP contribution in [0.4, 0.5) is 0 Å². The highest BCUT2D eigenvalue weighted by Crippen LogP contribution is 2.53. The summed E-state index contributed by atoms with van der Waals surface area (Å²) in [6, 6.07) is 0. The molecule has 0 fully saturated rings. The van der Waals surface area contributed by atoms with Gasteiger partial charge in [0.25, 0.3) is 0 Å². The molecule has 118 valence electrons. The lowest BCUT2D eigenvalue weighted by molar-refractivity contribution is 0.150. The molecular formula is C12H24O6P2. The fraction of sp³-hybridized carbons (Fsp3) is 0.833. The van der Waals surface area contributed by atoms with Gasteiger partial charge >= 0.3 is 15.2 Å². The maximum Gasteiger partial charge on any atom is 0.406 e. The van der Waals surface area contributed by atoms with Crippen molar-refractivity contribution in [3.8, 4) is 11.3 Å². The van der Waals surface area contributed by atoms with Crippen molar-refractivity contribution in [1.82, 2.24) is 0 Å². The maximum absolute atomic E-state index is 12.4. The topological polar surface area (TPSA) is 71.1 Å². The molecule has 0 saturated heterocycles. The Hall–Kier alpha value is -0.140. The molecule has 20 heavy (non-hydrogen) atoms. The molecule has 6 nitrogen and oxygen atoms in total. The second-order valence-corrected chi connectivity index (χ2v) is 7.74. The molecular weight excluding hydrogens is 302 g/mol. The minimum Gasteiger partial charge on any atom is -0.300 e. The monoisotopic (exact) mass is 326 g/mol. The highest BCUT2D eigenvalue weighted by Gasteiger charge is 2.28. The van der Waals surface area contributed by atoms with Crippen molar-refractivity contribution in [2.75, 3.05) is 13.2 Å². The average molecular weight is 326 g/mol. The Kier molecular flexibility index (Phi) is 8.93. The summed E-state index contributed by atoms with van der Waals surface area (Å²) in [5.74, 6) is 0. The number of rotatable bonds is 8. The molecule has 0 heterocycles. The lowest BCUT2D eigenvalue weighted by Gasteiger charge is -2.18. The van der Waals surface area contributed by atoms with Crippen LogP contribution in [-0.2, 0) is 27.2 Å². The zero-order chi connectivity index (χ0) is 15.8. The van der Waals surface area contributed by atoms with E-state index in [1.54, 1.807) is 41.5 Å². The third kappa shape index (κ3) is 8.21. The van der Waals surface area contributed by atoms with Gasteiger partial charge in [0.15, 0.2) is 0 Å². The largest absolute Gasteiger partial charge is 0.406 e. The van der Waals surface area contributed by atoms with Crippen molar-refractivity contribution in [1.29, 1.82) is 0 Å². The molecule has 0 atom stereocenters. The molecule has 0 aromatic rings. The van der Waals surface area contributed by atoms with Gasteiger partial charge in [0.1, 0.15) is 0 Å². The van der Waals surface area contributed by atoms with Gasteiger partial charge in [-0.1, -0.05) is 0 Å². The van der Waals surface area contributed by atoms with Gasteiger partial charge in [-0.05, 0) is 41.5 Å². The van der Waals surface area contributed by atoms with Crippen LogP contribution in [0.5, 0.6) is 0 Å². The van der Waals surface area contributed by atoms with Crippen LogP contribution in [0.15, 0.2) is 0 Å². The summed E-state index contributed by atoms with van der Waals surface area (Å²) in [7, 11) is -7.26. The van der Waals surface area contributed by atoms with E-state index in [9.17, 15) is 9.13 Å². The van der Waals surface area contributed by atoms with Crippen LogP contribution in [0, 0.1) is 11.3 Å². The van der Waals surface area contributed by atoms with Gasteiger partial charge in [-0.15, -0.1) is 0 Å². The predicted molar refractivity (Wildman–Crippen MR) is 78.7 cm³/mol. The molecule has 8 heteroatoms. The van der Waals surface area contributed by atoms with Crippen LogP contribution in [0.2, 0.25) is 0 Å². The van der Waals surface area contributed by atoms with Gasteiger partial charge in [-0.25, -0.2) is 9.13 Å². The molecule has 0 aliphatic carbocycles. The van der Waals surface area contributed by atoms with E-state index in [2.05, 4.69) is 11.3 Å². The van der Waals surface area contributed by atoms with Crippen molar-refractivity contribution in [2.24, 2.45) is 0 Å². The SMILES string of the molecule is CCOP(=O)(C#CP(=O)(OC(C)C)OC(C)C)OCC. The average Bonchev–Trinajstić information content (AvgIpc) is 2.25. The van der Waals surface area contributed by atoms with Crippen LogP contribution >= 0.6 is 15.2 Å². The zero-order valence-electron chi connectivity index (χ0n) is 12.9. The quantitative estimate of drug-likeness (QED) is 0.491. The van der Waals surface area contributed by atoms with E-state index in [1.165, 1.54) is 0 Å². The molecule has 0 aromatic carbocycles. The Bertz CT molecular complexity index is 411. The Morgan fingerprint density at radius 3 is 1.45 bits per heavy atom. The van der Waals surface area contributed by atoms with E-state index in [1.807, 2.05) is 0 Å². The fourth-order valence-electron chi connectivity index (χ4n) is 1.20. The summed E-state index contributed by atoms with van der Waals surface area (Å²) in [5.41, 5.74) is 4.61. The molecule has 0 unspecified atom stereocenters. The summed E-state index contributed by atoms with van der Waals surface area (Å²) in [6.45, 7) is 10.5. The first-order valence-corrected chi connectivity index (χ1v) is 9.65. The molecule has 0 radical (unpaired) electrons. The molecule has 0 aliphatic heterocycles. The van der Waals surface area contributed by atoms with Crippen LogP contribution in [0.3, 0.4) is 0 Å². The maximum atomic E-state index is 12.4. The van der Waals surface area contributed by atoms with E-state index in [-0.39, 0.29) is 25.4 Å². The summed E-state index contributed by atoms with van der Waals surface area (Å²) >= 11 is 0. The van der Waals surface area contributed by atoms with Crippen molar-refractivity contribution < 1.29 is 27.2 Å². The standard InChI is InChI=1S/C12H24O6P2/c1-7-15-19(13,16-8-2)9-10-20(14,17-11(3)4)18-12(5)6/h11-12H,7-8H2,1-6H3. The molecule has 0 bridgehead atoms. The second-order valence-electron chi connectivity index (χ2n) is 4.36. The molecule has 0 aliphatic rings. The molecule has 0 N–H and O–H groups in total. The van der Waals surface area contributed by atoms with Gasteiger partial charge in [-0.2, -0.15) is 0 Å². The fourth-order valence-corrected chi connectivity index (χ4v) is 4.33. The van der Waals surface area contributed by atoms with Gasteiger partial charge in [0.2, 0.25) is 0 Å². The van der Waals surface area contributed by atoms with Gasteiger partial charge in [0, 0.05) is 11.3 Å². The zero-order valence-corrected chi connectivity index (χ0v) is 14.7. The van der Waals surface area contributed by atoms with Gasteiger partial charge in [0.05, 0.1) is 25.4 Å². The van der Waals surface area contributed by atoms with Crippen molar-refractivity contribution in [2.45, 2.75) is 53.8 Å². The van der Waals surface area contributed by atoms with Crippen LogP contribution < -0.4 is 0 Å². The van der Waals surface area contributed by atoms with E-state index in [0.29, 0.717) is 0 Å². The van der Waals surface area contributed by atoms with Crippen molar-refractivity contribution in [3.63, 3.8) is 0 Å². The number of hydrogen-bond donors (Lipinski definition) is 0. The smallest absolute Gasteiger partial charge is 0.300 e. The van der Waals surface area contributed by atoms with Crippen LogP contribution in [-0.4, -0.2) is 25.4 Å². The second kappa shape index (κ2) is 9.00. The van der Waals surface area contributed by atoms with Crippen LogP contribution in [0.25, 0.3) is 0 Å². The first-order chi connectivity index (χ1) is 9.16. The summed E-state index contributed by atoms with van der Waals surface area (Å²) in [5, 5.41) is 0. The lowest BCUT2D eigenvalue weighted by Crippen LogP contribution is -2.06. The highest BCUT2D eigenvalue weighted by atomic mass is 31.2. The Morgan fingerprint density at radius 1 is 0.800 bits per heavy atom. The van der Waals surface area contributed by atoms with E-state index in [4.69, 9.17) is 18.1 Å². The van der Waals surface area contributed by atoms with Crippen molar-refractivity contribution >= 4 is 15.2 Å². The Morgan fingerprint density at radius 2 is 1.15 bits per heavy atom. The normalized spacial score (nSPS) is 12.6. The first kappa shape index (κ1) is 19.9. The van der Waals surface area contributed by atoms with E-state index >= 15 is 0 Å². The molecule has 0 rings (SSSR count). The first-order valence-electron chi connectivity index (χ1n) is 6.57. The van der Waals surface area contributed by atoms with Crippen molar-refractivity contribution in [3.05, 3.63) is 0 Å². The summed E-state index contributed by atoms with van der Waals surface area (Å²) in [4.78, 5) is 0. The minimum absolute atomic E-state index is 0.173. The Balaban J connectivity index is 5.28. The Labute approximate surface area is 121 Å². The van der Waals surface area contributed by atoms with Gasteiger partial charge < -0.3 is 0 Å². The van der Waals surface area contributed by atoms with E-state index < -0.39 is 15.2 Å². The van der Waals surface area contributed by atoms with Crippen LogP contribution in [0.1, 0.15) is 41.5 Å². The van der Waals surface area contributed by atoms with E-state index in [0.717, 1.165) is 0 Å². The molecule has 0 saturated carbocycles. The minimum atomic E-state index is -3.67. The summed E-state index contributed by atoms with van der Waals surface area (Å²) < 4.78 is 45.1. The van der Waals surface area contributed by atoms with Gasteiger partial charge in [-0.3, -0.25) is 18.1 Å².